The van der Waals surface area contributed by atoms with Crippen molar-refractivity contribution in [2.45, 2.75) is 24.7 Å². The number of anilines is 1. The van der Waals surface area contributed by atoms with Crippen LogP contribution in [0.5, 0.6) is 0 Å². The topological polar surface area (TPSA) is 75.3 Å². The van der Waals surface area contributed by atoms with E-state index >= 15 is 0 Å². The number of benzene rings is 3. The van der Waals surface area contributed by atoms with Crippen molar-refractivity contribution in [3.05, 3.63) is 95.6 Å². The monoisotopic (exact) mass is 408 g/mol. The zero-order valence-electron chi connectivity index (χ0n) is 16.4. The number of nitrogens with one attached hydrogen (secondary N) is 2. The summed E-state index contributed by atoms with van der Waals surface area (Å²) < 4.78 is 27.6. The molecule has 0 spiro atoms. The molecule has 0 aromatic heterocycles. The average Bonchev–Trinajstić information content (AvgIpc) is 2.72. The summed E-state index contributed by atoms with van der Waals surface area (Å²) in [4.78, 5) is 12.7. The average molecular weight is 409 g/mol. The molecule has 1 atom stereocenters. The second-order valence-corrected chi connectivity index (χ2v) is 8.70. The number of carbonyl (C=O) groups excluding carboxylic acids is 1. The lowest BCUT2D eigenvalue weighted by Crippen LogP contribution is -2.27. The third-order valence-electron chi connectivity index (χ3n) is 4.65. The predicted molar refractivity (Wildman–Crippen MR) is 116 cm³/mol. The van der Waals surface area contributed by atoms with Crippen LogP contribution in [0.2, 0.25) is 0 Å². The fourth-order valence-corrected chi connectivity index (χ4v) is 3.95. The van der Waals surface area contributed by atoms with E-state index in [1.165, 1.54) is 6.07 Å². The highest BCUT2D eigenvalue weighted by Gasteiger charge is 2.15. The first-order valence-electron chi connectivity index (χ1n) is 9.38. The van der Waals surface area contributed by atoms with E-state index in [-0.39, 0.29) is 16.7 Å². The molecule has 1 amide bonds. The zero-order valence-corrected chi connectivity index (χ0v) is 17.2. The van der Waals surface area contributed by atoms with Crippen LogP contribution in [0.1, 0.15) is 34.3 Å². The molecule has 0 aliphatic heterocycles. The molecule has 3 rings (SSSR count). The number of hydrogen-bond donors (Lipinski definition) is 2. The van der Waals surface area contributed by atoms with Crippen molar-refractivity contribution < 1.29 is 13.2 Å². The van der Waals surface area contributed by atoms with Crippen molar-refractivity contribution in [2.75, 3.05) is 11.3 Å². The Morgan fingerprint density at radius 1 is 0.931 bits per heavy atom. The maximum atomic E-state index is 12.6. The molecular formula is C23H24N2O3S. The normalized spacial score (nSPS) is 12.2. The van der Waals surface area contributed by atoms with Crippen LogP contribution in [-0.4, -0.2) is 20.9 Å². The highest BCUT2D eigenvalue weighted by molar-refractivity contribution is 7.92. The van der Waals surface area contributed by atoms with Gasteiger partial charge in [-0.25, -0.2) is 8.42 Å². The maximum absolute atomic E-state index is 12.6. The van der Waals surface area contributed by atoms with E-state index in [0.717, 1.165) is 11.1 Å². The smallest absolute Gasteiger partial charge is 0.261 e. The summed E-state index contributed by atoms with van der Waals surface area (Å²) in [6, 6.07) is 23.0. The molecule has 29 heavy (non-hydrogen) atoms. The minimum absolute atomic E-state index is 0.170. The minimum Gasteiger partial charge on any atom is -0.351 e. The molecular weight excluding hydrogens is 384 g/mol. The molecule has 0 saturated heterocycles. The quantitative estimate of drug-likeness (QED) is 0.611. The van der Waals surface area contributed by atoms with Crippen LogP contribution < -0.4 is 10.0 Å². The molecule has 0 fully saturated rings. The standard InChI is InChI=1S/C23H24N2O3S/c1-17-11-13-22(14-12-17)29(27,28)25-21-10-6-9-20(15-21)23(26)24-16-18(2)19-7-4-3-5-8-19/h3-15,18,25H,16H2,1-2H3,(H,24,26)/t18-/m1/s1. The second-order valence-electron chi connectivity index (χ2n) is 7.02. The van der Waals surface area contributed by atoms with Gasteiger partial charge in [-0.1, -0.05) is 61.0 Å². The number of aryl methyl sites for hydroxylation is 1. The largest absolute Gasteiger partial charge is 0.351 e. The van der Waals surface area contributed by atoms with Gasteiger partial charge in [-0.05, 0) is 48.7 Å². The highest BCUT2D eigenvalue weighted by Crippen LogP contribution is 2.18. The molecule has 6 heteroatoms. The van der Waals surface area contributed by atoms with Gasteiger partial charge in [-0.15, -0.1) is 0 Å². The van der Waals surface area contributed by atoms with Gasteiger partial charge in [0.25, 0.3) is 15.9 Å². The summed E-state index contributed by atoms with van der Waals surface area (Å²) in [7, 11) is -3.72. The van der Waals surface area contributed by atoms with Gasteiger partial charge < -0.3 is 5.32 Å². The molecule has 0 bridgehead atoms. The second kappa shape index (κ2) is 8.92. The van der Waals surface area contributed by atoms with Crippen LogP contribution in [0.25, 0.3) is 0 Å². The Hall–Kier alpha value is -3.12. The molecule has 0 radical (unpaired) electrons. The van der Waals surface area contributed by atoms with Crippen LogP contribution in [0.3, 0.4) is 0 Å². The summed E-state index contributed by atoms with van der Waals surface area (Å²) >= 11 is 0. The first-order chi connectivity index (χ1) is 13.8. The fraction of sp³-hybridized carbons (Fsp3) is 0.174. The predicted octanol–water partition coefficient (Wildman–Crippen LogP) is 4.33. The van der Waals surface area contributed by atoms with Gasteiger partial charge in [-0.3, -0.25) is 9.52 Å². The summed E-state index contributed by atoms with van der Waals surface area (Å²) in [5, 5.41) is 2.91. The van der Waals surface area contributed by atoms with Crippen molar-refractivity contribution in [3.63, 3.8) is 0 Å². The third-order valence-corrected chi connectivity index (χ3v) is 6.04. The molecule has 5 nitrogen and oxygen atoms in total. The molecule has 3 aromatic rings. The van der Waals surface area contributed by atoms with E-state index in [1.807, 2.05) is 44.2 Å². The zero-order chi connectivity index (χ0) is 20.9. The molecule has 0 unspecified atom stereocenters. The lowest BCUT2D eigenvalue weighted by Gasteiger charge is -2.14. The lowest BCUT2D eigenvalue weighted by atomic mass is 10.0. The van der Waals surface area contributed by atoms with E-state index < -0.39 is 10.0 Å². The number of rotatable bonds is 7. The van der Waals surface area contributed by atoms with E-state index in [9.17, 15) is 13.2 Å². The van der Waals surface area contributed by atoms with Gasteiger partial charge in [0.05, 0.1) is 4.90 Å². The molecule has 150 valence electrons. The van der Waals surface area contributed by atoms with Crippen molar-refractivity contribution in [3.8, 4) is 0 Å². The van der Waals surface area contributed by atoms with Crippen LogP contribution in [0, 0.1) is 6.92 Å². The van der Waals surface area contributed by atoms with Gasteiger partial charge >= 0.3 is 0 Å². The van der Waals surface area contributed by atoms with Crippen LogP contribution >= 0.6 is 0 Å². The number of sulfonamides is 1. The Balaban J connectivity index is 1.67. The van der Waals surface area contributed by atoms with E-state index in [2.05, 4.69) is 10.0 Å². The molecule has 0 saturated carbocycles. The molecule has 0 aliphatic rings. The summed E-state index contributed by atoms with van der Waals surface area (Å²) in [5.41, 5.74) is 2.86. The molecule has 2 N–H and O–H groups in total. The van der Waals surface area contributed by atoms with Crippen LogP contribution in [-0.2, 0) is 10.0 Å². The van der Waals surface area contributed by atoms with Crippen LogP contribution in [0.4, 0.5) is 5.69 Å². The maximum Gasteiger partial charge on any atom is 0.261 e. The first kappa shape index (κ1) is 20.6. The van der Waals surface area contributed by atoms with E-state index in [0.29, 0.717) is 17.8 Å². The minimum atomic E-state index is -3.72. The Morgan fingerprint density at radius 3 is 2.31 bits per heavy atom. The third kappa shape index (κ3) is 5.45. The summed E-state index contributed by atoms with van der Waals surface area (Å²) in [6.45, 7) is 4.43. The van der Waals surface area contributed by atoms with Crippen molar-refractivity contribution >= 4 is 21.6 Å². The van der Waals surface area contributed by atoms with Gasteiger partial charge in [0.2, 0.25) is 0 Å². The van der Waals surface area contributed by atoms with Gasteiger partial charge in [0.1, 0.15) is 0 Å². The number of hydrogen-bond acceptors (Lipinski definition) is 3. The van der Waals surface area contributed by atoms with Gasteiger partial charge in [0.15, 0.2) is 0 Å². The van der Waals surface area contributed by atoms with Crippen molar-refractivity contribution in [1.82, 2.24) is 5.32 Å². The first-order valence-corrected chi connectivity index (χ1v) is 10.9. The Bertz CT molecular complexity index is 1080. The summed E-state index contributed by atoms with van der Waals surface area (Å²) in [5.74, 6) is -0.0764. The van der Waals surface area contributed by atoms with Crippen molar-refractivity contribution in [2.24, 2.45) is 0 Å². The van der Waals surface area contributed by atoms with Gasteiger partial charge in [0, 0.05) is 17.8 Å². The molecule has 0 aliphatic carbocycles. The van der Waals surface area contributed by atoms with Crippen LogP contribution in [0.15, 0.2) is 83.8 Å². The SMILES string of the molecule is Cc1ccc(S(=O)(=O)Nc2cccc(C(=O)NC[C@@H](C)c3ccccc3)c2)cc1. The summed E-state index contributed by atoms with van der Waals surface area (Å²) in [6.07, 6.45) is 0. The Kier molecular flexibility index (Phi) is 6.34. The number of carbonyl (C=O) groups is 1. The van der Waals surface area contributed by atoms with E-state index in [1.54, 1.807) is 42.5 Å². The lowest BCUT2D eigenvalue weighted by molar-refractivity contribution is 0.0951. The van der Waals surface area contributed by atoms with E-state index in [4.69, 9.17) is 0 Å². The Labute approximate surface area is 171 Å². The fourth-order valence-electron chi connectivity index (χ4n) is 2.90. The Morgan fingerprint density at radius 2 is 1.62 bits per heavy atom. The molecule has 0 heterocycles. The van der Waals surface area contributed by atoms with Crippen molar-refractivity contribution in [1.29, 1.82) is 0 Å². The number of amides is 1. The highest BCUT2D eigenvalue weighted by atomic mass is 32.2. The molecule has 3 aromatic carbocycles. The van der Waals surface area contributed by atoms with Gasteiger partial charge in [-0.2, -0.15) is 0 Å².